The molecule has 4 nitrogen and oxygen atoms in total. The van der Waals surface area contributed by atoms with E-state index in [1.165, 1.54) is 4.88 Å². The zero-order valence-electron chi connectivity index (χ0n) is 15.8. The Balaban J connectivity index is 1.93. The molecule has 0 amide bonds. The van der Waals surface area contributed by atoms with Crippen LogP contribution in [0, 0.1) is 34.6 Å². The summed E-state index contributed by atoms with van der Waals surface area (Å²) in [5.74, 6) is 1.21. The lowest BCUT2D eigenvalue weighted by Gasteiger charge is -2.36. The molecule has 1 aliphatic rings. The lowest BCUT2D eigenvalue weighted by Crippen LogP contribution is -2.51. The summed E-state index contributed by atoms with van der Waals surface area (Å²) in [7, 11) is 0. The highest BCUT2D eigenvalue weighted by atomic mass is 32.1. The summed E-state index contributed by atoms with van der Waals surface area (Å²) in [4.78, 5) is 14.2. The van der Waals surface area contributed by atoms with Gasteiger partial charge >= 0.3 is 0 Å². The number of carbonyl (C=O) groups is 1. The van der Waals surface area contributed by atoms with Crippen LogP contribution in [0.15, 0.2) is 5.51 Å². The number of nitrogens with zero attached hydrogens (tertiary/aromatic N) is 1. The number of carbonyl (C=O) groups excluding carboxylic acids is 1. The number of aryl methyl sites for hydroxylation is 1. The first-order chi connectivity index (χ1) is 11.7. The molecule has 0 spiro atoms. The molecule has 0 radical (unpaired) electrons. The summed E-state index contributed by atoms with van der Waals surface area (Å²) in [6.45, 7) is 12.1. The fourth-order valence-corrected chi connectivity index (χ4v) is 4.24. The average Bonchev–Trinajstić information content (AvgIpc) is 2.90. The van der Waals surface area contributed by atoms with Gasteiger partial charge in [0.15, 0.2) is 11.3 Å². The highest BCUT2D eigenvalue weighted by molar-refractivity contribution is 7.09. The number of fused-ring (bicyclic) bond motifs is 1. The number of rotatable bonds is 3. The number of aromatic hydroxyl groups is 1. The van der Waals surface area contributed by atoms with Crippen LogP contribution in [-0.4, -0.2) is 16.5 Å². The lowest BCUT2D eigenvalue weighted by molar-refractivity contribution is -0.686. The molecule has 3 rings (SSSR count). The predicted octanol–water partition coefficient (Wildman–Crippen LogP) is 3.64. The third-order valence-electron chi connectivity index (χ3n) is 5.72. The Bertz CT molecular complexity index is 869. The van der Waals surface area contributed by atoms with E-state index in [9.17, 15) is 9.90 Å². The monoisotopic (exact) mass is 360 g/mol. The zero-order chi connectivity index (χ0) is 18.5. The van der Waals surface area contributed by atoms with Gasteiger partial charge in [0.05, 0.1) is 4.88 Å². The first kappa shape index (κ1) is 17.9. The summed E-state index contributed by atoms with van der Waals surface area (Å²) in [5, 5.41) is 10.3. The first-order valence-corrected chi connectivity index (χ1v) is 9.51. The van der Waals surface area contributed by atoms with Gasteiger partial charge in [0.2, 0.25) is 17.8 Å². The van der Waals surface area contributed by atoms with E-state index in [1.54, 1.807) is 11.3 Å². The summed E-state index contributed by atoms with van der Waals surface area (Å²) < 4.78 is 8.28. The highest BCUT2D eigenvalue weighted by Gasteiger charge is 2.42. The number of aromatic nitrogens is 1. The van der Waals surface area contributed by atoms with E-state index in [0.29, 0.717) is 18.7 Å². The lowest BCUT2D eigenvalue weighted by atomic mass is 9.85. The van der Waals surface area contributed by atoms with Gasteiger partial charge in [-0.25, -0.2) is 0 Å². The summed E-state index contributed by atoms with van der Waals surface area (Å²) in [5.41, 5.74) is 5.94. The summed E-state index contributed by atoms with van der Waals surface area (Å²) >= 11 is 1.66. The fourth-order valence-electron chi connectivity index (χ4n) is 3.43. The third kappa shape index (κ3) is 2.84. The Morgan fingerprint density at radius 3 is 2.52 bits per heavy atom. The maximum absolute atomic E-state index is 13.0. The molecule has 25 heavy (non-hydrogen) atoms. The van der Waals surface area contributed by atoms with Crippen molar-refractivity contribution in [1.82, 2.24) is 0 Å². The molecule has 0 aliphatic carbocycles. The topological polar surface area (TPSA) is 50.4 Å². The van der Waals surface area contributed by atoms with E-state index in [-0.39, 0.29) is 5.78 Å². The standard InChI is InChI=1S/C20H25NO3S/c1-11-12(2)19-16(13(3)18(11)23)7-8-20(6,24-19)17(22)9-21-10-25-15(5)14(21)4/h10H,7-9H2,1-6H3/p+1. The van der Waals surface area contributed by atoms with Crippen molar-refractivity contribution in [3.63, 3.8) is 0 Å². The number of ketones is 1. The molecule has 0 saturated heterocycles. The maximum Gasteiger partial charge on any atom is 0.240 e. The van der Waals surface area contributed by atoms with Crippen LogP contribution < -0.4 is 9.30 Å². The van der Waals surface area contributed by atoms with Gasteiger partial charge in [0.25, 0.3) is 0 Å². The van der Waals surface area contributed by atoms with Crippen LogP contribution in [0.4, 0.5) is 0 Å². The van der Waals surface area contributed by atoms with Gasteiger partial charge < -0.3 is 9.84 Å². The number of benzene rings is 1. The van der Waals surface area contributed by atoms with Gasteiger partial charge in [0.1, 0.15) is 11.5 Å². The van der Waals surface area contributed by atoms with E-state index < -0.39 is 5.60 Å². The molecule has 1 unspecified atom stereocenters. The van der Waals surface area contributed by atoms with Gasteiger partial charge in [0, 0.05) is 12.5 Å². The van der Waals surface area contributed by atoms with Crippen molar-refractivity contribution in [3.8, 4) is 11.5 Å². The molecular formula is C20H26NO3S+. The highest BCUT2D eigenvalue weighted by Crippen LogP contribution is 2.43. The van der Waals surface area contributed by atoms with Crippen LogP contribution >= 0.6 is 11.3 Å². The molecule has 0 saturated carbocycles. The summed E-state index contributed by atoms with van der Waals surface area (Å²) in [6, 6.07) is 0. The quantitative estimate of drug-likeness (QED) is 0.850. The van der Waals surface area contributed by atoms with Gasteiger partial charge in [-0.2, -0.15) is 4.57 Å². The van der Waals surface area contributed by atoms with Crippen LogP contribution in [0.1, 0.15) is 46.2 Å². The number of hydrogen-bond acceptors (Lipinski definition) is 4. The van der Waals surface area contributed by atoms with Crippen molar-refractivity contribution < 1.29 is 19.2 Å². The number of Topliss-reactive ketones (excluding diaryl/α,β-unsaturated/α-hetero) is 1. The van der Waals surface area contributed by atoms with Gasteiger partial charge in [-0.15, -0.1) is 0 Å². The Morgan fingerprint density at radius 1 is 1.24 bits per heavy atom. The minimum absolute atomic E-state index is 0.0897. The maximum atomic E-state index is 13.0. The van der Waals surface area contributed by atoms with Crippen LogP contribution in [0.25, 0.3) is 0 Å². The molecule has 2 aromatic rings. The first-order valence-electron chi connectivity index (χ1n) is 8.63. The van der Waals surface area contributed by atoms with Crippen LogP contribution in [0.3, 0.4) is 0 Å². The van der Waals surface area contributed by atoms with Crippen molar-refractivity contribution in [2.24, 2.45) is 0 Å². The molecule has 1 atom stereocenters. The van der Waals surface area contributed by atoms with E-state index in [1.807, 2.05) is 44.7 Å². The molecule has 5 heteroatoms. The summed E-state index contributed by atoms with van der Waals surface area (Å²) in [6.07, 6.45) is 1.37. The number of phenolic OH excluding ortho intramolecular Hbond substituents is 1. The predicted molar refractivity (Wildman–Crippen MR) is 98.7 cm³/mol. The SMILES string of the molecule is Cc1sc[n+](CC(=O)C2(C)CCc3c(C)c(O)c(C)c(C)c3O2)c1C. The second-order valence-corrected chi connectivity index (χ2v) is 8.34. The molecule has 1 aliphatic heterocycles. The Morgan fingerprint density at radius 2 is 1.92 bits per heavy atom. The fraction of sp³-hybridized carbons (Fsp3) is 0.500. The van der Waals surface area contributed by atoms with E-state index in [0.717, 1.165) is 40.1 Å². The van der Waals surface area contributed by atoms with Crippen molar-refractivity contribution in [1.29, 1.82) is 0 Å². The second kappa shape index (κ2) is 6.13. The van der Waals surface area contributed by atoms with Crippen LogP contribution in [-0.2, 0) is 17.8 Å². The molecule has 0 bridgehead atoms. The number of ether oxygens (including phenoxy) is 1. The molecule has 1 N–H and O–H groups in total. The Labute approximate surface area is 153 Å². The van der Waals surface area contributed by atoms with Crippen LogP contribution in [0.2, 0.25) is 0 Å². The van der Waals surface area contributed by atoms with E-state index >= 15 is 0 Å². The average molecular weight is 360 g/mol. The largest absolute Gasteiger partial charge is 0.507 e. The van der Waals surface area contributed by atoms with Gasteiger partial charge in [-0.05, 0) is 64.2 Å². The minimum Gasteiger partial charge on any atom is -0.507 e. The number of hydrogen-bond donors (Lipinski definition) is 1. The Kier molecular flexibility index (Phi) is 4.40. The van der Waals surface area contributed by atoms with Crippen molar-refractivity contribution >= 4 is 17.1 Å². The molecular weight excluding hydrogens is 334 g/mol. The molecule has 1 aromatic carbocycles. The molecule has 0 fully saturated rings. The molecule has 134 valence electrons. The normalized spacial score (nSPS) is 19.4. The van der Waals surface area contributed by atoms with Crippen molar-refractivity contribution in [2.75, 3.05) is 0 Å². The Hall–Kier alpha value is -1.88. The van der Waals surface area contributed by atoms with Gasteiger partial charge in [-0.1, -0.05) is 11.3 Å². The van der Waals surface area contributed by atoms with E-state index in [4.69, 9.17) is 4.74 Å². The smallest absolute Gasteiger partial charge is 0.240 e. The van der Waals surface area contributed by atoms with Crippen molar-refractivity contribution in [3.05, 3.63) is 38.3 Å². The van der Waals surface area contributed by atoms with Crippen LogP contribution in [0.5, 0.6) is 11.5 Å². The van der Waals surface area contributed by atoms with E-state index in [2.05, 4.69) is 6.92 Å². The van der Waals surface area contributed by atoms with Crippen molar-refractivity contribution in [2.45, 2.75) is 66.5 Å². The molecule has 2 heterocycles. The zero-order valence-corrected chi connectivity index (χ0v) is 16.6. The number of phenols is 1. The second-order valence-electron chi connectivity index (χ2n) is 7.28. The van der Waals surface area contributed by atoms with Gasteiger partial charge in [-0.3, -0.25) is 4.79 Å². The molecule has 1 aromatic heterocycles. The third-order valence-corrected chi connectivity index (χ3v) is 6.73. The minimum atomic E-state index is -0.830. The number of thiazole rings is 1.